The molecule has 0 aromatic carbocycles. The smallest absolute Gasteiger partial charge is 0.315 e. The van der Waals surface area contributed by atoms with Gasteiger partial charge in [0.05, 0.1) is 5.41 Å². The Morgan fingerprint density at radius 1 is 1.10 bits per heavy atom. The van der Waals surface area contributed by atoms with Crippen molar-refractivity contribution in [2.75, 3.05) is 18.1 Å². The van der Waals surface area contributed by atoms with Gasteiger partial charge in [-0.05, 0) is 37.2 Å². The van der Waals surface area contributed by atoms with Gasteiger partial charge >= 0.3 is 12.0 Å². The Balaban J connectivity index is 1.83. The number of carboxylic acids is 1. The Labute approximate surface area is 130 Å². The van der Waals surface area contributed by atoms with Gasteiger partial charge in [0.25, 0.3) is 0 Å². The lowest BCUT2D eigenvalue weighted by atomic mass is 9.80. The molecule has 1 aliphatic carbocycles. The van der Waals surface area contributed by atoms with Crippen LogP contribution in [0, 0.1) is 5.41 Å². The van der Waals surface area contributed by atoms with Gasteiger partial charge in [0.1, 0.15) is 0 Å². The third-order valence-electron chi connectivity index (χ3n) is 4.66. The van der Waals surface area contributed by atoms with Crippen molar-refractivity contribution < 1.29 is 14.7 Å². The fraction of sp³-hybridized carbons (Fsp3) is 0.867. The number of thioether (sulfide) groups is 1. The molecule has 2 amide bonds. The average molecular weight is 314 g/mol. The van der Waals surface area contributed by atoms with E-state index in [1.165, 1.54) is 0 Å². The third kappa shape index (κ3) is 4.80. The Bertz CT molecular complexity index is 362. The molecular weight excluding hydrogens is 288 g/mol. The lowest BCUT2D eigenvalue weighted by Crippen LogP contribution is -2.49. The topological polar surface area (TPSA) is 78.4 Å². The van der Waals surface area contributed by atoms with Gasteiger partial charge in [-0.15, -0.1) is 0 Å². The summed E-state index contributed by atoms with van der Waals surface area (Å²) in [5.74, 6) is 1.41. The van der Waals surface area contributed by atoms with Crippen molar-refractivity contribution in [3.63, 3.8) is 0 Å². The van der Waals surface area contributed by atoms with E-state index in [-0.39, 0.29) is 18.6 Å². The van der Waals surface area contributed by atoms with Crippen LogP contribution in [0.15, 0.2) is 0 Å². The molecule has 2 fully saturated rings. The summed E-state index contributed by atoms with van der Waals surface area (Å²) in [4.78, 5) is 23.6. The first kappa shape index (κ1) is 16.5. The highest BCUT2D eigenvalue weighted by Crippen LogP contribution is 2.34. The maximum Gasteiger partial charge on any atom is 0.315 e. The van der Waals surface area contributed by atoms with Crippen molar-refractivity contribution in [1.82, 2.24) is 10.6 Å². The van der Waals surface area contributed by atoms with E-state index in [0.29, 0.717) is 12.8 Å². The largest absolute Gasteiger partial charge is 0.481 e. The lowest BCUT2D eigenvalue weighted by molar-refractivity contribution is -0.149. The van der Waals surface area contributed by atoms with Gasteiger partial charge in [-0.2, -0.15) is 11.8 Å². The van der Waals surface area contributed by atoms with Crippen LogP contribution < -0.4 is 10.6 Å². The van der Waals surface area contributed by atoms with E-state index in [2.05, 4.69) is 10.6 Å². The summed E-state index contributed by atoms with van der Waals surface area (Å²) in [5, 5.41) is 15.4. The molecule has 0 bridgehead atoms. The van der Waals surface area contributed by atoms with Crippen molar-refractivity contribution in [2.45, 2.75) is 57.4 Å². The van der Waals surface area contributed by atoms with E-state index in [4.69, 9.17) is 0 Å². The van der Waals surface area contributed by atoms with E-state index < -0.39 is 11.4 Å². The van der Waals surface area contributed by atoms with Crippen molar-refractivity contribution in [1.29, 1.82) is 0 Å². The van der Waals surface area contributed by atoms with Gasteiger partial charge in [-0.3, -0.25) is 4.79 Å². The molecule has 0 radical (unpaired) electrons. The van der Waals surface area contributed by atoms with E-state index in [1.54, 1.807) is 0 Å². The second-order valence-electron chi connectivity index (χ2n) is 6.21. The van der Waals surface area contributed by atoms with E-state index in [0.717, 1.165) is 50.0 Å². The predicted molar refractivity (Wildman–Crippen MR) is 84.7 cm³/mol. The normalized spacial score (nSPS) is 23.0. The summed E-state index contributed by atoms with van der Waals surface area (Å²) in [7, 11) is 0. The first-order chi connectivity index (χ1) is 10.1. The number of hydrogen-bond donors (Lipinski definition) is 3. The molecule has 6 heteroatoms. The van der Waals surface area contributed by atoms with Crippen molar-refractivity contribution in [2.24, 2.45) is 5.41 Å². The molecule has 1 heterocycles. The molecule has 2 aliphatic rings. The maximum absolute atomic E-state index is 12.0. The Morgan fingerprint density at radius 2 is 1.71 bits per heavy atom. The highest BCUT2D eigenvalue weighted by atomic mass is 32.2. The number of hydrogen-bond acceptors (Lipinski definition) is 3. The average Bonchev–Trinajstić information content (AvgIpc) is 2.73. The molecule has 5 nitrogen and oxygen atoms in total. The van der Waals surface area contributed by atoms with Crippen molar-refractivity contribution in [3.05, 3.63) is 0 Å². The van der Waals surface area contributed by atoms with Crippen LogP contribution in [0.25, 0.3) is 0 Å². The number of aliphatic carboxylic acids is 1. The third-order valence-corrected chi connectivity index (χ3v) is 5.71. The van der Waals surface area contributed by atoms with Crippen LogP contribution in [0.2, 0.25) is 0 Å². The summed E-state index contributed by atoms with van der Waals surface area (Å²) in [6.45, 7) is 0.246. The molecule has 0 unspecified atom stereocenters. The SMILES string of the molecule is O=C(NCC1(C(=O)O)CCCCCC1)NC1CCSCC1. The fourth-order valence-corrected chi connectivity index (χ4v) is 4.31. The van der Waals surface area contributed by atoms with Crippen molar-refractivity contribution >= 4 is 23.8 Å². The number of carbonyl (C=O) groups is 2. The molecule has 1 aliphatic heterocycles. The molecular formula is C15H26N2O3S. The quantitative estimate of drug-likeness (QED) is 0.697. The molecule has 0 spiro atoms. The molecule has 21 heavy (non-hydrogen) atoms. The maximum atomic E-state index is 12.0. The lowest BCUT2D eigenvalue weighted by Gasteiger charge is -2.29. The summed E-state index contributed by atoms with van der Waals surface area (Å²) in [5.41, 5.74) is -0.768. The minimum absolute atomic E-state index is 0.211. The molecule has 1 saturated heterocycles. The first-order valence-corrected chi connectivity index (χ1v) is 9.13. The van der Waals surface area contributed by atoms with Crippen LogP contribution in [-0.4, -0.2) is 41.2 Å². The summed E-state index contributed by atoms with van der Waals surface area (Å²) in [6.07, 6.45) is 7.42. The predicted octanol–water partition coefficient (Wildman–Crippen LogP) is 2.61. The van der Waals surface area contributed by atoms with Gasteiger partial charge in [0, 0.05) is 12.6 Å². The highest BCUT2D eigenvalue weighted by molar-refractivity contribution is 7.99. The zero-order valence-electron chi connectivity index (χ0n) is 12.5. The van der Waals surface area contributed by atoms with Crippen LogP contribution in [0.1, 0.15) is 51.4 Å². The van der Waals surface area contributed by atoms with Gasteiger partial charge in [0.15, 0.2) is 0 Å². The number of rotatable bonds is 4. The van der Waals surface area contributed by atoms with E-state index in [1.807, 2.05) is 11.8 Å². The molecule has 3 N–H and O–H groups in total. The van der Waals surface area contributed by atoms with E-state index >= 15 is 0 Å². The fourth-order valence-electron chi connectivity index (χ4n) is 3.20. The zero-order chi connectivity index (χ0) is 15.1. The second kappa shape index (κ2) is 7.92. The van der Waals surface area contributed by atoms with Crippen LogP contribution in [-0.2, 0) is 4.79 Å². The number of amides is 2. The molecule has 0 aromatic heterocycles. The van der Waals surface area contributed by atoms with Gasteiger partial charge in [0.2, 0.25) is 0 Å². The number of urea groups is 1. The van der Waals surface area contributed by atoms with E-state index in [9.17, 15) is 14.7 Å². The number of nitrogens with one attached hydrogen (secondary N) is 2. The van der Waals surface area contributed by atoms with Gasteiger partial charge in [-0.25, -0.2) is 4.79 Å². The molecule has 2 rings (SSSR count). The zero-order valence-corrected chi connectivity index (χ0v) is 13.3. The van der Waals surface area contributed by atoms with Crippen LogP contribution in [0.4, 0.5) is 4.79 Å². The standard InChI is InChI=1S/C15H26N2O3S/c18-13(19)15(7-3-1-2-4-8-15)11-16-14(20)17-12-5-9-21-10-6-12/h12H,1-11H2,(H,18,19)(H2,16,17,20). The number of carbonyl (C=O) groups excluding carboxylic acids is 1. The summed E-state index contributed by atoms with van der Waals surface area (Å²) < 4.78 is 0. The van der Waals surface area contributed by atoms with Crippen LogP contribution in [0.5, 0.6) is 0 Å². The monoisotopic (exact) mass is 314 g/mol. The molecule has 1 saturated carbocycles. The van der Waals surface area contributed by atoms with Gasteiger partial charge < -0.3 is 15.7 Å². The summed E-state index contributed by atoms with van der Waals surface area (Å²) in [6, 6.07) is 0.0259. The minimum atomic E-state index is -0.768. The highest BCUT2D eigenvalue weighted by Gasteiger charge is 2.39. The van der Waals surface area contributed by atoms with Crippen LogP contribution >= 0.6 is 11.8 Å². The van der Waals surface area contributed by atoms with Gasteiger partial charge in [-0.1, -0.05) is 25.7 Å². The Hall–Kier alpha value is -0.910. The second-order valence-corrected chi connectivity index (χ2v) is 7.44. The van der Waals surface area contributed by atoms with Crippen molar-refractivity contribution in [3.8, 4) is 0 Å². The Kier molecular flexibility index (Phi) is 6.21. The number of carboxylic acid groups (broad SMARTS) is 1. The molecule has 0 aromatic rings. The molecule has 0 atom stereocenters. The molecule has 120 valence electrons. The summed E-state index contributed by atoms with van der Waals surface area (Å²) >= 11 is 1.92. The minimum Gasteiger partial charge on any atom is -0.481 e. The Morgan fingerprint density at radius 3 is 2.29 bits per heavy atom. The van der Waals surface area contributed by atoms with Crippen LogP contribution in [0.3, 0.4) is 0 Å². The first-order valence-electron chi connectivity index (χ1n) is 7.98.